The van der Waals surface area contributed by atoms with Crippen LogP contribution < -0.4 is 0 Å². The van der Waals surface area contributed by atoms with Gasteiger partial charge in [-0.25, -0.2) is 0 Å². The Hall–Kier alpha value is -0.770. The molecule has 3 rings (SSSR count). The number of benzene rings is 1. The lowest BCUT2D eigenvalue weighted by atomic mass is 10.1. The zero-order valence-electron chi connectivity index (χ0n) is 8.49. The highest BCUT2D eigenvalue weighted by Crippen LogP contribution is 2.41. The van der Waals surface area contributed by atoms with Crippen molar-refractivity contribution in [2.75, 3.05) is 13.1 Å². The second-order valence-electron chi connectivity index (χ2n) is 3.86. The molecular weight excluding hydrogens is 247 g/mol. The number of hydrogen-bond donors (Lipinski definition) is 0. The third-order valence-corrected chi connectivity index (χ3v) is 3.70. The first-order valence-electron chi connectivity index (χ1n) is 5.11. The number of hydrogen-bond acceptors (Lipinski definition) is 3. The fraction of sp³-hybridized carbons (Fsp3) is 0.364. The summed E-state index contributed by atoms with van der Waals surface area (Å²) in [5.74, 6) is 0. The fourth-order valence-corrected chi connectivity index (χ4v) is 2.53. The van der Waals surface area contributed by atoms with Crippen molar-refractivity contribution in [1.82, 2.24) is 4.90 Å². The summed E-state index contributed by atoms with van der Waals surface area (Å²) in [5, 5.41) is 1.18. The van der Waals surface area contributed by atoms with E-state index >= 15 is 0 Å². The Morgan fingerprint density at radius 2 is 2.25 bits per heavy atom. The highest BCUT2D eigenvalue weighted by molar-refractivity contribution is 6.42. The lowest BCUT2D eigenvalue weighted by Crippen LogP contribution is -2.25. The third-order valence-electron chi connectivity index (χ3n) is 2.89. The van der Waals surface area contributed by atoms with Gasteiger partial charge in [-0.1, -0.05) is 29.3 Å². The molecule has 0 bridgehead atoms. The van der Waals surface area contributed by atoms with Crippen LogP contribution in [0, 0.1) is 0 Å². The number of ether oxygens (including phenoxy) is 1. The molecule has 0 amide bonds. The molecule has 0 spiro atoms. The smallest absolute Gasteiger partial charge is 0.159 e. The molecule has 84 valence electrons. The molecule has 1 aromatic rings. The van der Waals surface area contributed by atoms with Crippen LogP contribution in [0.25, 0.3) is 0 Å². The maximum Gasteiger partial charge on any atom is 0.159 e. The molecule has 1 aromatic carbocycles. The van der Waals surface area contributed by atoms with Crippen LogP contribution in [0.5, 0.6) is 0 Å². The van der Waals surface area contributed by atoms with Crippen LogP contribution in [-0.2, 0) is 11.3 Å². The Kier molecular flexibility index (Phi) is 2.54. The minimum Gasteiger partial charge on any atom is -0.349 e. The fourth-order valence-electron chi connectivity index (χ4n) is 2.08. The summed E-state index contributed by atoms with van der Waals surface area (Å²) in [5.41, 5.74) is 2.10. The van der Waals surface area contributed by atoms with Gasteiger partial charge >= 0.3 is 0 Å². The Labute approximate surface area is 104 Å². The lowest BCUT2D eigenvalue weighted by molar-refractivity contribution is -0.0100. The average Bonchev–Trinajstić information content (AvgIpc) is 2.91. The number of aliphatic imine (C=N–C) groups is 1. The molecular formula is C11H10Cl2N2O. The standard InChI is InChI=1S/C11H10Cl2N2O/c12-8-2-1-7-5-16-11(9(7)10(8)13)15-4-3-14-6-15/h1-2,6,11H,3-5H2. The van der Waals surface area contributed by atoms with E-state index in [0.29, 0.717) is 16.7 Å². The van der Waals surface area contributed by atoms with Crippen molar-refractivity contribution >= 4 is 29.5 Å². The normalized spacial score (nSPS) is 22.9. The average molecular weight is 257 g/mol. The van der Waals surface area contributed by atoms with Crippen LogP contribution in [0.1, 0.15) is 17.4 Å². The molecule has 0 radical (unpaired) electrons. The molecule has 2 aliphatic heterocycles. The third kappa shape index (κ3) is 1.51. The summed E-state index contributed by atoms with van der Waals surface area (Å²) in [4.78, 5) is 6.23. The van der Waals surface area contributed by atoms with Crippen molar-refractivity contribution in [1.29, 1.82) is 0 Å². The monoisotopic (exact) mass is 256 g/mol. The van der Waals surface area contributed by atoms with Crippen molar-refractivity contribution in [3.05, 3.63) is 33.3 Å². The second kappa shape index (κ2) is 3.91. The van der Waals surface area contributed by atoms with Crippen molar-refractivity contribution in [3.8, 4) is 0 Å². The van der Waals surface area contributed by atoms with Gasteiger partial charge < -0.3 is 9.64 Å². The largest absolute Gasteiger partial charge is 0.349 e. The van der Waals surface area contributed by atoms with Crippen LogP contribution in [0.3, 0.4) is 0 Å². The maximum atomic E-state index is 6.23. The van der Waals surface area contributed by atoms with Gasteiger partial charge in [0.15, 0.2) is 6.23 Å². The number of rotatable bonds is 1. The van der Waals surface area contributed by atoms with Gasteiger partial charge in [-0.15, -0.1) is 0 Å². The first kappa shape index (κ1) is 10.4. The Bertz CT molecular complexity index is 462. The van der Waals surface area contributed by atoms with Gasteiger partial charge in [0, 0.05) is 12.1 Å². The van der Waals surface area contributed by atoms with Crippen LogP contribution in [-0.4, -0.2) is 24.3 Å². The summed E-state index contributed by atoms with van der Waals surface area (Å²) in [7, 11) is 0. The molecule has 2 aliphatic rings. The van der Waals surface area contributed by atoms with Crippen LogP contribution in [0.2, 0.25) is 10.0 Å². The first-order chi connectivity index (χ1) is 7.77. The maximum absolute atomic E-state index is 6.23. The molecule has 2 heterocycles. The van der Waals surface area contributed by atoms with E-state index in [2.05, 4.69) is 4.99 Å². The predicted molar refractivity (Wildman–Crippen MR) is 64.1 cm³/mol. The summed E-state index contributed by atoms with van der Waals surface area (Å²) < 4.78 is 5.73. The zero-order chi connectivity index (χ0) is 11.1. The molecule has 0 aliphatic carbocycles. The van der Waals surface area contributed by atoms with E-state index in [1.54, 1.807) is 0 Å². The molecule has 0 N–H and O–H groups in total. The minimum absolute atomic E-state index is 0.132. The van der Waals surface area contributed by atoms with Crippen molar-refractivity contribution in [2.45, 2.75) is 12.8 Å². The molecule has 16 heavy (non-hydrogen) atoms. The quantitative estimate of drug-likeness (QED) is 0.772. The highest BCUT2D eigenvalue weighted by Gasteiger charge is 2.31. The van der Waals surface area contributed by atoms with E-state index < -0.39 is 0 Å². The van der Waals surface area contributed by atoms with E-state index in [9.17, 15) is 0 Å². The molecule has 0 saturated heterocycles. The minimum atomic E-state index is -0.132. The summed E-state index contributed by atoms with van der Waals surface area (Å²) >= 11 is 12.3. The number of halogens is 2. The van der Waals surface area contributed by atoms with Gasteiger partial charge in [0.1, 0.15) is 0 Å². The highest BCUT2D eigenvalue weighted by atomic mass is 35.5. The first-order valence-corrected chi connectivity index (χ1v) is 5.87. The van der Waals surface area contributed by atoms with Gasteiger partial charge in [0.05, 0.1) is 29.5 Å². The molecule has 5 heteroatoms. The summed E-state index contributed by atoms with van der Waals surface area (Å²) in [6, 6.07) is 3.78. The van der Waals surface area contributed by atoms with E-state index in [1.807, 2.05) is 23.4 Å². The predicted octanol–water partition coefficient (Wildman–Crippen LogP) is 2.87. The van der Waals surface area contributed by atoms with Crippen LogP contribution >= 0.6 is 23.2 Å². The van der Waals surface area contributed by atoms with Gasteiger partial charge in [-0.3, -0.25) is 4.99 Å². The molecule has 0 saturated carbocycles. The van der Waals surface area contributed by atoms with Crippen molar-refractivity contribution in [2.24, 2.45) is 4.99 Å². The van der Waals surface area contributed by atoms with E-state index in [0.717, 1.165) is 24.2 Å². The number of nitrogens with zero attached hydrogens (tertiary/aromatic N) is 2. The summed E-state index contributed by atoms with van der Waals surface area (Å²) in [6.45, 7) is 2.27. The molecule has 0 aromatic heterocycles. The summed E-state index contributed by atoms with van der Waals surface area (Å²) in [6.07, 6.45) is 1.68. The molecule has 1 atom stereocenters. The molecule has 0 fully saturated rings. The molecule has 3 nitrogen and oxygen atoms in total. The van der Waals surface area contributed by atoms with Crippen molar-refractivity contribution < 1.29 is 4.74 Å². The Morgan fingerprint density at radius 1 is 1.38 bits per heavy atom. The topological polar surface area (TPSA) is 24.8 Å². The zero-order valence-corrected chi connectivity index (χ0v) is 10.0. The number of fused-ring (bicyclic) bond motifs is 1. The van der Waals surface area contributed by atoms with Crippen molar-refractivity contribution in [3.63, 3.8) is 0 Å². The van der Waals surface area contributed by atoms with Crippen LogP contribution in [0.4, 0.5) is 0 Å². The van der Waals surface area contributed by atoms with E-state index in [1.165, 1.54) is 0 Å². The lowest BCUT2D eigenvalue weighted by Gasteiger charge is -2.23. The van der Waals surface area contributed by atoms with Gasteiger partial charge in [-0.05, 0) is 11.6 Å². The van der Waals surface area contributed by atoms with E-state index in [-0.39, 0.29) is 6.23 Å². The second-order valence-corrected chi connectivity index (χ2v) is 4.64. The van der Waals surface area contributed by atoms with Gasteiger partial charge in [-0.2, -0.15) is 0 Å². The van der Waals surface area contributed by atoms with E-state index in [4.69, 9.17) is 27.9 Å². The van der Waals surface area contributed by atoms with Gasteiger partial charge in [0.2, 0.25) is 0 Å². The Balaban J connectivity index is 2.03. The SMILES string of the molecule is Clc1ccc2c(c1Cl)C(N1C=NCC1)OC2. The molecule has 1 unspecified atom stereocenters. The Morgan fingerprint density at radius 3 is 3.00 bits per heavy atom. The van der Waals surface area contributed by atoms with Gasteiger partial charge in [0.25, 0.3) is 0 Å². The van der Waals surface area contributed by atoms with Crippen LogP contribution in [0.15, 0.2) is 17.1 Å².